The van der Waals surface area contributed by atoms with Gasteiger partial charge >= 0.3 is 5.97 Å². The fourth-order valence-corrected chi connectivity index (χ4v) is 5.68. The van der Waals surface area contributed by atoms with Crippen LogP contribution in [0.1, 0.15) is 15.9 Å². The number of esters is 1. The minimum atomic E-state index is -0.405. The Labute approximate surface area is 200 Å². The molecule has 2 aromatic carbocycles. The number of hydrogen-bond donors (Lipinski definition) is 0. The number of nitrogens with zero attached hydrogens (tertiary/aromatic N) is 2. The van der Waals surface area contributed by atoms with Crippen LogP contribution in [-0.2, 0) is 9.53 Å². The maximum absolute atomic E-state index is 12.7. The molecule has 29 heavy (non-hydrogen) atoms. The van der Waals surface area contributed by atoms with E-state index >= 15 is 0 Å². The van der Waals surface area contributed by atoms with Crippen LogP contribution >= 0.6 is 56.9 Å². The van der Waals surface area contributed by atoms with Crippen molar-refractivity contribution in [3.05, 3.63) is 59.6 Å². The van der Waals surface area contributed by atoms with E-state index in [0.29, 0.717) is 21.3 Å². The van der Waals surface area contributed by atoms with Crippen LogP contribution in [0.4, 0.5) is 5.69 Å². The highest BCUT2D eigenvalue weighted by molar-refractivity contribution is 14.1. The molecule has 6 nitrogen and oxygen atoms in total. The van der Waals surface area contributed by atoms with Gasteiger partial charge in [-0.25, -0.2) is 9.79 Å². The van der Waals surface area contributed by atoms with E-state index < -0.39 is 5.97 Å². The normalized spacial score (nSPS) is 16.6. The molecule has 1 fully saturated rings. The molecular weight excluding hydrogens is 618 g/mol. The predicted molar refractivity (Wildman–Crippen MR) is 132 cm³/mol. The lowest BCUT2D eigenvalue weighted by Gasteiger charge is -2.09. The predicted octanol–water partition coefficient (Wildman–Crippen LogP) is 4.92. The van der Waals surface area contributed by atoms with Crippen LogP contribution in [-0.4, -0.2) is 43.2 Å². The maximum Gasteiger partial charge on any atom is 0.337 e. The number of likely N-dealkylation sites (N-methyl/N-ethyl adjacent to an activating group) is 1. The van der Waals surface area contributed by atoms with Crippen molar-refractivity contribution in [3.8, 4) is 5.75 Å². The van der Waals surface area contributed by atoms with Crippen LogP contribution < -0.4 is 4.74 Å². The third-order valence-electron chi connectivity index (χ3n) is 4.04. The summed E-state index contributed by atoms with van der Waals surface area (Å²) >= 11 is 5.76. The van der Waals surface area contributed by atoms with Crippen molar-refractivity contribution in [2.24, 2.45) is 4.99 Å². The molecule has 1 aliphatic rings. The van der Waals surface area contributed by atoms with Crippen molar-refractivity contribution in [2.45, 2.75) is 0 Å². The molecule has 1 heterocycles. The summed E-state index contributed by atoms with van der Waals surface area (Å²) in [5.74, 6) is 0.201. The SMILES string of the molecule is COC(=O)c1ccc(N=C2SC(=Cc3cc(I)cc(I)c3OC)C(=O)N2C)cc1. The summed E-state index contributed by atoms with van der Waals surface area (Å²) in [4.78, 5) is 30.9. The fourth-order valence-electron chi connectivity index (χ4n) is 2.60. The Morgan fingerprint density at radius 1 is 1.17 bits per heavy atom. The molecule has 1 saturated heterocycles. The van der Waals surface area contributed by atoms with E-state index in [1.165, 1.54) is 23.8 Å². The first-order valence-corrected chi connectivity index (χ1v) is 11.3. The molecule has 0 atom stereocenters. The van der Waals surface area contributed by atoms with Crippen molar-refractivity contribution in [3.63, 3.8) is 0 Å². The maximum atomic E-state index is 12.7. The summed E-state index contributed by atoms with van der Waals surface area (Å²) in [6, 6.07) is 10.7. The molecular formula is C20H16I2N2O4S. The lowest BCUT2D eigenvalue weighted by Crippen LogP contribution is -2.23. The zero-order valence-electron chi connectivity index (χ0n) is 15.7. The van der Waals surface area contributed by atoms with E-state index in [4.69, 9.17) is 9.47 Å². The first-order chi connectivity index (χ1) is 13.8. The number of amidine groups is 1. The molecule has 1 amide bonds. The standard InChI is InChI=1S/C20H16I2N2O4S/c1-24-18(25)16(9-12-8-13(21)10-15(22)17(12)27-2)29-20(24)23-14-6-4-11(5-7-14)19(26)28-3/h4-10H,1-3H3. The Bertz CT molecular complexity index is 1040. The second-order valence-electron chi connectivity index (χ2n) is 5.92. The van der Waals surface area contributed by atoms with Crippen LogP contribution in [0, 0.1) is 7.14 Å². The highest BCUT2D eigenvalue weighted by Gasteiger charge is 2.30. The summed E-state index contributed by atoms with van der Waals surface area (Å²) < 4.78 is 12.2. The Morgan fingerprint density at radius 2 is 1.86 bits per heavy atom. The van der Waals surface area contributed by atoms with Gasteiger partial charge in [0.2, 0.25) is 0 Å². The number of rotatable bonds is 4. The first kappa shape index (κ1) is 22.1. The number of methoxy groups -OCH3 is 2. The van der Waals surface area contributed by atoms with E-state index in [9.17, 15) is 9.59 Å². The number of ether oxygens (including phenoxy) is 2. The lowest BCUT2D eigenvalue weighted by molar-refractivity contribution is -0.121. The summed E-state index contributed by atoms with van der Waals surface area (Å²) in [7, 11) is 4.64. The van der Waals surface area contributed by atoms with Crippen LogP contribution in [0.5, 0.6) is 5.75 Å². The highest BCUT2D eigenvalue weighted by Crippen LogP contribution is 2.36. The van der Waals surface area contributed by atoms with Crippen LogP contribution in [0.2, 0.25) is 0 Å². The van der Waals surface area contributed by atoms with Crippen molar-refractivity contribution >= 4 is 85.8 Å². The first-order valence-electron chi connectivity index (χ1n) is 8.31. The number of hydrogen-bond acceptors (Lipinski definition) is 6. The number of carbonyl (C=O) groups excluding carboxylic acids is 2. The van der Waals surface area contributed by atoms with Crippen molar-refractivity contribution in [1.29, 1.82) is 0 Å². The molecule has 0 aromatic heterocycles. The molecule has 2 aromatic rings. The van der Waals surface area contributed by atoms with Gasteiger partial charge in [-0.05, 0) is 99.4 Å². The number of carbonyl (C=O) groups is 2. The number of thioether (sulfide) groups is 1. The van der Waals surface area contributed by atoms with Crippen LogP contribution in [0.3, 0.4) is 0 Å². The molecule has 9 heteroatoms. The third kappa shape index (κ3) is 4.94. The summed E-state index contributed by atoms with van der Waals surface area (Å²) in [6.07, 6.45) is 1.83. The molecule has 3 rings (SSSR count). The van der Waals surface area contributed by atoms with Crippen molar-refractivity contribution in [2.75, 3.05) is 21.3 Å². The monoisotopic (exact) mass is 634 g/mol. The van der Waals surface area contributed by atoms with Gasteiger partial charge in [0.15, 0.2) is 5.17 Å². The quantitative estimate of drug-likeness (QED) is 0.272. The van der Waals surface area contributed by atoms with Gasteiger partial charge in [0, 0.05) is 16.2 Å². The Balaban J connectivity index is 1.91. The van der Waals surface area contributed by atoms with Gasteiger partial charge in [-0.1, -0.05) is 0 Å². The molecule has 0 spiro atoms. The van der Waals surface area contributed by atoms with Gasteiger partial charge < -0.3 is 9.47 Å². The average Bonchev–Trinajstić information content (AvgIpc) is 2.95. The second-order valence-corrected chi connectivity index (χ2v) is 9.33. The Hall–Kier alpha value is -1.60. The molecule has 1 aliphatic heterocycles. The topological polar surface area (TPSA) is 68.2 Å². The zero-order chi connectivity index (χ0) is 21.1. The molecule has 0 saturated carbocycles. The van der Waals surface area contributed by atoms with Crippen molar-refractivity contribution in [1.82, 2.24) is 4.90 Å². The molecule has 0 N–H and O–H groups in total. The van der Waals surface area contributed by atoms with E-state index in [-0.39, 0.29) is 5.91 Å². The van der Waals surface area contributed by atoms with Crippen LogP contribution in [0.15, 0.2) is 46.3 Å². The third-order valence-corrected chi connectivity index (χ3v) is 6.53. The zero-order valence-corrected chi connectivity index (χ0v) is 20.9. The van der Waals surface area contributed by atoms with Crippen molar-refractivity contribution < 1.29 is 19.1 Å². The second kappa shape index (κ2) is 9.47. The van der Waals surface area contributed by atoms with E-state index in [2.05, 4.69) is 50.2 Å². The Morgan fingerprint density at radius 3 is 2.48 bits per heavy atom. The summed E-state index contributed by atoms with van der Waals surface area (Å²) in [5, 5.41) is 0.561. The fraction of sp³-hybridized carbons (Fsp3) is 0.150. The smallest absolute Gasteiger partial charge is 0.337 e. The molecule has 0 unspecified atom stereocenters. The molecule has 150 valence electrons. The van der Waals surface area contributed by atoms with E-state index in [1.54, 1.807) is 38.4 Å². The van der Waals surface area contributed by atoms with Gasteiger partial charge in [-0.3, -0.25) is 9.69 Å². The Kier molecular flexibility index (Phi) is 7.22. The van der Waals surface area contributed by atoms with Gasteiger partial charge in [0.1, 0.15) is 5.75 Å². The lowest BCUT2D eigenvalue weighted by atomic mass is 10.2. The number of benzene rings is 2. The van der Waals surface area contributed by atoms with Crippen LogP contribution in [0.25, 0.3) is 6.08 Å². The summed E-state index contributed by atoms with van der Waals surface area (Å²) in [5.41, 5.74) is 1.93. The largest absolute Gasteiger partial charge is 0.495 e. The highest BCUT2D eigenvalue weighted by atomic mass is 127. The number of halogens is 2. The van der Waals surface area contributed by atoms with E-state index in [0.717, 1.165) is 18.5 Å². The molecule has 0 radical (unpaired) electrons. The average molecular weight is 634 g/mol. The molecule has 0 bridgehead atoms. The van der Waals surface area contributed by atoms with Gasteiger partial charge in [-0.2, -0.15) is 0 Å². The van der Waals surface area contributed by atoms with Gasteiger partial charge in [-0.15, -0.1) is 0 Å². The minimum Gasteiger partial charge on any atom is -0.495 e. The number of aliphatic imine (C=N–C) groups is 1. The van der Waals surface area contributed by atoms with Gasteiger partial charge in [0.25, 0.3) is 5.91 Å². The molecule has 0 aliphatic carbocycles. The number of amides is 1. The summed E-state index contributed by atoms with van der Waals surface area (Å²) in [6.45, 7) is 0. The van der Waals surface area contributed by atoms with Gasteiger partial charge in [0.05, 0.1) is 33.9 Å². The van der Waals surface area contributed by atoms with E-state index in [1.807, 2.05) is 18.2 Å². The minimum absolute atomic E-state index is 0.129.